The molecule has 1 N–H and O–H groups in total. The van der Waals surface area contributed by atoms with Gasteiger partial charge in [0.05, 0.1) is 6.10 Å². The fraction of sp³-hybridized carbons (Fsp3) is 0.562. The van der Waals surface area contributed by atoms with Gasteiger partial charge < -0.3 is 10.0 Å². The van der Waals surface area contributed by atoms with Crippen molar-refractivity contribution in [3.63, 3.8) is 0 Å². The van der Waals surface area contributed by atoms with E-state index in [9.17, 15) is 18.7 Å². The second-order valence-electron chi connectivity index (χ2n) is 5.58. The Morgan fingerprint density at radius 2 is 1.95 bits per heavy atom. The van der Waals surface area contributed by atoms with Gasteiger partial charge in [0.1, 0.15) is 11.6 Å². The Morgan fingerprint density at radius 3 is 2.52 bits per heavy atom. The summed E-state index contributed by atoms with van der Waals surface area (Å²) < 4.78 is 26.5. The first-order valence-electron chi connectivity index (χ1n) is 7.22. The molecule has 5 heteroatoms. The second-order valence-corrected chi connectivity index (χ2v) is 5.58. The number of halogens is 2. The van der Waals surface area contributed by atoms with Crippen molar-refractivity contribution in [2.45, 2.75) is 52.2 Å². The third-order valence-corrected chi connectivity index (χ3v) is 3.25. The topological polar surface area (TPSA) is 40.5 Å². The number of hydrogen-bond donors (Lipinski definition) is 1. The van der Waals surface area contributed by atoms with Crippen molar-refractivity contribution in [1.82, 2.24) is 4.90 Å². The fourth-order valence-electron chi connectivity index (χ4n) is 2.19. The van der Waals surface area contributed by atoms with E-state index in [2.05, 4.69) is 0 Å². The van der Waals surface area contributed by atoms with Crippen molar-refractivity contribution in [1.29, 1.82) is 0 Å². The molecule has 3 nitrogen and oxygen atoms in total. The molecule has 0 heterocycles. The number of rotatable bonds is 7. The van der Waals surface area contributed by atoms with E-state index < -0.39 is 17.7 Å². The zero-order chi connectivity index (χ0) is 16.0. The van der Waals surface area contributed by atoms with Crippen LogP contribution < -0.4 is 0 Å². The van der Waals surface area contributed by atoms with Crippen molar-refractivity contribution >= 4 is 5.91 Å². The molecule has 0 aromatic heterocycles. The monoisotopic (exact) mass is 299 g/mol. The van der Waals surface area contributed by atoms with Gasteiger partial charge in [0, 0.05) is 19.0 Å². The van der Waals surface area contributed by atoms with Crippen LogP contribution in [0.1, 0.15) is 39.2 Å². The minimum Gasteiger partial charge on any atom is -0.392 e. The lowest BCUT2D eigenvalue weighted by molar-refractivity contribution is -0.134. The number of benzene rings is 1. The summed E-state index contributed by atoms with van der Waals surface area (Å²) in [5, 5.41) is 9.41. The van der Waals surface area contributed by atoms with Gasteiger partial charge >= 0.3 is 0 Å². The zero-order valence-corrected chi connectivity index (χ0v) is 12.8. The predicted molar refractivity (Wildman–Crippen MR) is 77.8 cm³/mol. The summed E-state index contributed by atoms with van der Waals surface area (Å²) in [7, 11) is 0. The average Bonchev–Trinajstić information content (AvgIpc) is 2.39. The van der Waals surface area contributed by atoms with E-state index in [-0.39, 0.29) is 30.5 Å². The molecule has 0 saturated heterocycles. The summed E-state index contributed by atoms with van der Waals surface area (Å²) in [5.74, 6) is -1.01. The van der Waals surface area contributed by atoms with Gasteiger partial charge in [-0.05, 0) is 57.4 Å². The Hall–Kier alpha value is -1.49. The van der Waals surface area contributed by atoms with Gasteiger partial charge in [0.2, 0.25) is 5.91 Å². The van der Waals surface area contributed by atoms with Crippen LogP contribution in [0.2, 0.25) is 0 Å². The molecule has 0 aliphatic carbocycles. The molecule has 1 amide bonds. The number of carbonyl (C=O) groups is 1. The number of aryl methyl sites for hydroxylation is 1. The lowest BCUT2D eigenvalue weighted by Crippen LogP contribution is -2.41. The lowest BCUT2D eigenvalue weighted by Gasteiger charge is -2.28. The lowest BCUT2D eigenvalue weighted by atomic mass is 10.1. The first kappa shape index (κ1) is 17.6. The summed E-state index contributed by atoms with van der Waals surface area (Å²) in [6.07, 6.45) is 0.427. The van der Waals surface area contributed by atoms with Gasteiger partial charge in [0.25, 0.3) is 0 Å². The number of aliphatic hydroxyl groups excluding tert-OH is 1. The quantitative estimate of drug-likeness (QED) is 0.841. The van der Waals surface area contributed by atoms with Crippen LogP contribution in [0.4, 0.5) is 8.78 Å². The highest BCUT2D eigenvalue weighted by atomic mass is 19.1. The average molecular weight is 299 g/mol. The molecule has 21 heavy (non-hydrogen) atoms. The van der Waals surface area contributed by atoms with Gasteiger partial charge in [0.15, 0.2) is 0 Å². The van der Waals surface area contributed by atoms with E-state index in [0.717, 1.165) is 18.2 Å². The third-order valence-electron chi connectivity index (χ3n) is 3.25. The Labute approximate surface area is 124 Å². The van der Waals surface area contributed by atoms with E-state index in [1.165, 1.54) is 0 Å². The zero-order valence-electron chi connectivity index (χ0n) is 12.8. The summed E-state index contributed by atoms with van der Waals surface area (Å²) in [5.41, 5.74) is 0.287. The highest BCUT2D eigenvalue weighted by Gasteiger charge is 2.18. The van der Waals surface area contributed by atoms with Crippen LogP contribution in [0, 0.1) is 11.6 Å². The van der Waals surface area contributed by atoms with Crippen molar-refractivity contribution in [3.05, 3.63) is 35.4 Å². The summed E-state index contributed by atoms with van der Waals surface area (Å²) in [4.78, 5) is 13.7. The van der Waals surface area contributed by atoms with E-state index in [1.807, 2.05) is 13.8 Å². The SMILES string of the molecule is CC(O)CN(C(=O)CCCc1cc(F)ccc1F)C(C)C. The molecule has 1 aromatic rings. The van der Waals surface area contributed by atoms with Gasteiger partial charge in [-0.15, -0.1) is 0 Å². The molecule has 0 aliphatic heterocycles. The summed E-state index contributed by atoms with van der Waals surface area (Å²) in [6, 6.07) is 3.33. The highest BCUT2D eigenvalue weighted by Crippen LogP contribution is 2.14. The maximum atomic E-state index is 13.5. The molecule has 0 bridgehead atoms. The number of aliphatic hydroxyl groups is 1. The Bertz CT molecular complexity index is 475. The highest BCUT2D eigenvalue weighted by molar-refractivity contribution is 5.76. The molecule has 0 saturated carbocycles. The van der Waals surface area contributed by atoms with Gasteiger partial charge in [-0.3, -0.25) is 4.79 Å². The van der Waals surface area contributed by atoms with Gasteiger partial charge in [-0.1, -0.05) is 0 Å². The first-order valence-corrected chi connectivity index (χ1v) is 7.22. The molecule has 1 atom stereocenters. The number of hydrogen-bond acceptors (Lipinski definition) is 2. The normalized spacial score (nSPS) is 12.5. The van der Waals surface area contributed by atoms with Crippen LogP contribution in [0.15, 0.2) is 18.2 Å². The maximum Gasteiger partial charge on any atom is 0.222 e. The summed E-state index contributed by atoms with van der Waals surface area (Å²) in [6.45, 7) is 5.68. The molecule has 0 spiro atoms. The van der Waals surface area contributed by atoms with E-state index >= 15 is 0 Å². The van der Waals surface area contributed by atoms with Crippen LogP contribution in [0.25, 0.3) is 0 Å². The van der Waals surface area contributed by atoms with Gasteiger partial charge in [-0.2, -0.15) is 0 Å². The van der Waals surface area contributed by atoms with Crippen molar-refractivity contribution in [2.75, 3.05) is 6.54 Å². The number of nitrogens with zero attached hydrogens (tertiary/aromatic N) is 1. The van der Waals surface area contributed by atoms with Crippen LogP contribution in [-0.4, -0.2) is 34.6 Å². The smallest absolute Gasteiger partial charge is 0.222 e. The molecular formula is C16H23F2NO2. The molecule has 0 aliphatic rings. The molecule has 1 unspecified atom stereocenters. The predicted octanol–water partition coefficient (Wildman–Crippen LogP) is 2.91. The first-order chi connectivity index (χ1) is 9.81. The van der Waals surface area contributed by atoms with Crippen molar-refractivity contribution < 1.29 is 18.7 Å². The third kappa shape index (κ3) is 5.79. The summed E-state index contributed by atoms with van der Waals surface area (Å²) >= 11 is 0. The fourth-order valence-corrected chi connectivity index (χ4v) is 2.19. The van der Waals surface area contributed by atoms with Crippen molar-refractivity contribution in [2.24, 2.45) is 0 Å². The van der Waals surface area contributed by atoms with Gasteiger partial charge in [-0.25, -0.2) is 8.78 Å². The minimum absolute atomic E-state index is 0.00185. The Balaban J connectivity index is 2.53. The molecule has 1 aromatic carbocycles. The molecular weight excluding hydrogens is 276 g/mol. The van der Waals surface area contributed by atoms with E-state index in [4.69, 9.17) is 0 Å². The number of amides is 1. The van der Waals surface area contributed by atoms with Crippen LogP contribution in [0.3, 0.4) is 0 Å². The van der Waals surface area contributed by atoms with Crippen LogP contribution >= 0.6 is 0 Å². The molecule has 0 radical (unpaired) electrons. The molecule has 1 rings (SSSR count). The maximum absolute atomic E-state index is 13.5. The standard InChI is InChI=1S/C16H23F2NO2/c1-11(2)19(10-12(3)20)16(21)6-4-5-13-9-14(17)7-8-15(13)18/h7-9,11-12,20H,4-6,10H2,1-3H3. The largest absolute Gasteiger partial charge is 0.392 e. The Kier molecular flexibility index (Phi) is 6.75. The van der Waals surface area contributed by atoms with Crippen LogP contribution in [0.5, 0.6) is 0 Å². The Morgan fingerprint density at radius 1 is 1.29 bits per heavy atom. The second kappa shape index (κ2) is 8.08. The number of carbonyl (C=O) groups excluding carboxylic acids is 1. The van der Waals surface area contributed by atoms with E-state index in [0.29, 0.717) is 12.8 Å². The van der Waals surface area contributed by atoms with E-state index in [1.54, 1.807) is 11.8 Å². The van der Waals surface area contributed by atoms with Crippen molar-refractivity contribution in [3.8, 4) is 0 Å². The minimum atomic E-state index is -0.586. The molecule has 0 fully saturated rings. The van der Waals surface area contributed by atoms with Crippen LogP contribution in [-0.2, 0) is 11.2 Å². The molecule has 118 valence electrons.